The summed E-state index contributed by atoms with van der Waals surface area (Å²) in [6, 6.07) is 18.0. The number of aromatic nitrogens is 2. The van der Waals surface area contributed by atoms with E-state index in [4.69, 9.17) is 25.9 Å². The first-order valence-corrected chi connectivity index (χ1v) is 26.9. The molecule has 3 N–H and O–H groups in total. The van der Waals surface area contributed by atoms with E-state index in [1.807, 2.05) is 29.2 Å². The number of fused-ring (bicyclic) bond motifs is 4. The Kier molecular flexibility index (Phi) is 12.8. The van der Waals surface area contributed by atoms with E-state index in [-0.39, 0.29) is 52.9 Å². The summed E-state index contributed by atoms with van der Waals surface area (Å²) in [4.78, 5) is 59.1. The van der Waals surface area contributed by atoms with Crippen molar-refractivity contribution in [2.75, 3.05) is 95.5 Å². The highest BCUT2D eigenvalue weighted by molar-refractivity contribution is 6.07. The van der Waals surface area contributed by atoms with Crippen LogP contribution >= 0.6 is 0 Å². The predicted molar refractivity (Wildman–Crippen MR) is 282 cm³/mol. The smallest absolute Gasteiger partial charge is 0.328 e. The van der Waals surface area contributed by atoms with Crippen LogP contribution in [0.25, 0.3) is 32.8 Å². The lowest BCUT2D eigenvalue weighted by Gasteiger charge is -2.47. The Morgan fingerprint density at radius 3 is 2.34 bits per heavy atom. The third-order valence-electron chi connectivity index (χ3n) is 17.7. The first kappa shape index (κ1) is 48.4. The molecule has 5 aromatic rings. The van der Waals surface area contributed by atoms with Crippen LogP contribution in [-0.4, -0.2) is 145 Å². The van der Waals surface area contributed by atoms with Gasteiger partial charge in [0.25, 0.3) is 5.91 Å². The van der Waals surface area contributed by atoms with Crippen molar-refractivity contribution in [2.24, 2.45) is 16.7 Å². The number of hydrogen-bond donors (Lipinski definition) is 3. The van der Waals surface area contributed by atoms with Gasteiger partial charge in [0, 0.05) is 123 Å². The Morgan fingerprint density at radius 1 is 0.865 bits per heavy atom. The number of rotatable bonds is 12. The van der Waals surface area contributed by atoms with Crippen LogP contribution in [0.2, 0.25) is 0 Å². The number of terminal acetylenes is 1. The quantitative estimate of drug-likeness (QED) is 0.106. The highest BCUT2D eigenvalue weighted by Crippen LogP contribution is 2.49. The molecule has 16 heteroatoms. The minimum Gasteiger partial charge on any atom is -0.508 e. The maximum absolute atomic E-state index is 17.2. The number of nitrogens with one attached hydrogen (secondary N) is 2. The van der Waals surface area contributed by atoms with E-state index >= 15 is 4.39 Å². The van der Waals surface area contributed by atoms with Crippen LogP contribution in [0.3, 0.4) is 0 Å². The van der Waals surface area contributed by atoms with E-state index in [0.717, 1.165) is 109 Å². The summed E-state index contributed by atoms with van der Waals surface area (Å²) in [6.07, 6.45) is 17.3. The number of methoxy groups -OCH3 is 1. The van der Waals surface area contributed by atoms with Gasteiger partial charge in [0.2, 0.25) is 5.91 Å². The number of benzene rings is 4. The van der Waals surface area contributed by atoms with Gasteiger partial charge in [0.05, 0.1) is 19.4 Å². The monoisotopic (exact) mass is 1000 g/mol. The van der Waals surface area contributed by atoms with E-state index in [1.54, 1.807) is 36.4 Å². The van der Waals surface area contributed by atoms with E-state index < -0.39 is 11.8 Å². The molecule has 15 nitrogen and oxygen atoms in total. The number of imide groups is 1. The first-order chi connectivity index (χ1) is 35.9. The number of urea groups is 1. The Morgan fingerprint density at radius 2 is 1.62 bits per heavy atom. The number of nitrogens with zero attached hydrogens (tertiary/aromatic N) is 7. The van der Waals surface area contributed by atoms with Crippen molar-refractivity contribution < 1.29 is 33.4 Å². The molecule has 1 aromatic heterocycles. The zero-order valence-corrected chi connectivity index (χ0v) is 42.3. The lowest BCUT2D eigenvalue weighted by molar-refractivity contribution is -0.120. The van der Waals surface area contributed by atoms with Crippen molar-refractivity contribution in [1.82, 2.24) is 35.3 Å². The average molecular weight is 1000 g/mol. The van der Waals surface area contributed by atoms with Crippen LogP contribution in [0.1, 0.15) is 86.6 Å². The summed E-state index contributed by atoms with van der Waals surface area (Å²) in [7, 11) is 1.53. The Bertz CT molecular complexity index is 3050. The zero-order valence-electron chi connectivity index (χ0n) is 42.3. The fourth-order valence-electron chi connectivity index (χ4n) is 13.2. The third kappa shape index (κ3) is 9.47. The van der Waals surface area contributed by atoms with Crippen molar-refractivity contribution in [2.45, 2.75) is 82.7 Å². The summed E-state index contributed by atoms with van der Waals surface area (Å²) in [5.41, 5.74) is 2.94. The third-order valence-corrected chi connectivity index (χ3v) is 17.7. The molecule has 7 fully saturated rings. The maximum Gasteiger partial charge on any atom is 0.328 e. The normalized spacial score (nSPS) is 23.1. The molecule has 0 radical (unpaired) electrons. The molecular weight excluding hydrogens is 938 g/mol. The van der Waals surface area contributed by atoms with Gasteiger partial charge in [0.1, 0.15) is 22.8 Å². The van der Waals surface area contributed by atoms with Gasteiger partial charge in [-0.15, -0.1) is 6.42 Å². The molecule has 2 aliphatic carbocycles. The molecule has 386 valence electrons. The van der Waals surface area contributed by atoms with E-state index in [2.05, 4.69) is 31.3 Å². The number of amides is 4. The van der Waals surface area contributed by atoms with Crippen LogP contribution in [0.4, 0.5) is 20.7 Å². The number of phenolic OH excluding ortho intramolecular Hbond substituents is 1. The minimum absolute atomic E-state index is 0.00465. The molecule has 5 saturated heterocycles. The number of ether oxygens (including phenoxy) is 2. The van der Waals surface area contributed by atoms with E-state index in [9.17, 15) is 19.5 Å². The standard InChI is InChI=1S/C58H66FN9O6/c1-3-38-5-4-6-39-29-43(69)31-46(50(38)39)44-10-11-45-52(51(44)59)62-55(63-53(45)67-33-41-8-9-42(34-67)60-41)74-36-58(18-19-58)35-65-27-25-64(26-28-65)32-37-13-16-57(17-14-37)20-23-66(24-21-57)54(71)40-7-12-48(73-2)47(30-40)68-22-15-49(70)61-56(68)72/h1,4-7,10-12,29-31,37,41-42,60,69H,8-9,13-28,32-36H2,2H3,(H,61,70,72). The number of likely N-dealkylation sites (tertiary alicyclic amines) is 1. The van der Waals surface area contributed by atoms with Crippen LogP contribution in [0, 0.1) is 34.9 Å². The lowest BCUT2D eigenvalue weighted by Crippen LogP contribution is -2.51. The average Bonchev–Trinajstić information content (AvgIpc) is 4.10. The van der Waals surface area contributed by atoms with Gasteiger partial charge in [-0.3, -0.25) is 19.8 Å². The number of hydrogen-bond acceptors (Lipinski definition) is 12. The highest BCUT2D eigenvalue weighted by atomic mass is 19.1. The van der Waals surface area contributed by atoms with Gasteiger partial charge in [-0.1, -0.05) is 24.1 Å². The van der Waals surface area contributed by atoms with Gasteiger partial charge < -0.3 is 39.5 Å². The number of piperazine rings is 2. The number of aromatic hydroxyl groups is 1. The van der Waals surface area contributed by atoms with Gasteiger partial charge in [-0.25, -0.2) is 9.18 Å². The van der Waals surface area contributed by atoms with Crippen molar-refractivity contribution in [3.63, 3.8) is 0 Å². The first-order valence-electron chi connectivity index (χ1n) is 26.9. The van der Waals surface area contributed by atoms with E-state index in [0.29, 0.717) is 74.9 Å². The number of halogens is 1. The predicted octanol–water partition coefficient (Wildman–Crippen LogP) is 7.56. The van der Waals surface area contributed by atoms with Crippen LogP contribution in [0.15, 0.2) is 60.7 Å². The molecule has 74 heavy (non-hydrogen) atoms. The van der Waals surface area contributed by atoms with E-state index in [1.165, 1.54) is 37.7 Å². The largest absolute Gasteiger partial charge is 0.508 e. The summed E-state index contributed by atoms with van der Waals surface area (Å²) in [5.74, 6) is 3.79. The van der Waals surface area contributed by atoms with Crippen LogP contribution in [0.5, 0.6) is 17.5 Å². The zero-order chi connectivity index (χ0) is 50.7. The van der Waals surface area contributed by atoms with Crippen LogP contribution in [-0.2, 0) is 4.79 Å². The van der Waals surface area contributed by atoms with Gasteiger partial charge >= 0.3 is 12.0 Å². The van der Waals surface area contributed by atoms with Crippen molar-refractivity contribution in [3.8, 4) is 41.0 Å². The minimum atomic E-state index is -0.508. The second-order valence-electron chi connectivity index (χ2n) is 22.5. The number of carbonyl (C=O) groups excluding carboxylic acids is 3. The molecule has 4 amide bonds. The molecule has 12 rings (SSSR count). The molecule has 4 aromatic carbocycles. The Labute approximate surface area is 431 Å². The van der Waals surface area contributed by atoms with Gasteiger partial charge in [-0.05, 0) is 129 Å². The topological polar surface area (TPSA) is 156 Å². The Balaban J connectivity index is 0.652. The lowest BCUT2D eigenvalue weighted by atomic mass is 9.65. The van der Waals surface area contributed by atoms with Gasteiger partial charge in [-0.2, -0.15) is 9.97 Å². The number of carbonyl (C=O) groups is 3. The summed E-state index contributed by atoms with van der Waals surface area (Å²) < 4.78 is 29.3. The molecule has 1 spiro atoms. The molecule has 2 atom stereocenters. The number of piperidine rings is 1. The van der Waals surface area contributed by atoms with Crippen molar-refractivity contribution in [1.29, 1.82) is 0 Å². The maximum atomic E-state index is 17.2. The second-order valence-corrected chi connectivity index (χ2v) is 22.5. The summed E-state index contributed by atoms with van der Waals surface area (Å²) in [5, 5.41) is 18.9. The molecule has 2 bridgehead atoms. The molecule has 2 saturated carbocycles. The molecule has 6 heterocycles. The van der Waals surface area contributed by atoms with Gasteiger partial charge in [0.15, 0.2) is 5.82 Å². The number of anilines is 2. The summed E-state index contributed by atoms with van der Waals surface area (Å²) >= 11 is 0. The fraction of sp³-hybridized carbons (Fsp3) is 0.500. The van der Waals surface area contributed by atoms with Crippen LogP contribution < -0.4 is 29.9 Å². The highest BCUT2D eigenvalue weighted by Gasteiger charge is 2.46. The second kappa shape index (κ2) is 19.6. The molecule has 2 unspecified atom stereocenters. The van der Waals surface area contributed by atoms with Crippen molar-refractivity contribution in [3.05, 3.63) is 77.6 Å². The molecule has 5 aliphatic heterocycles. The summed E-state index contributed by atoms with van der Waals surface area (Å²) in [6.45, 7) is 9.91. The number of phenols is 1. The Hall–Kier alpha value is -6.54. The SMILES string of the molecule is C#Cc1cccc2cc(O)cc(-c3ccc4c(N5CC6CCC(C5)N6)nc(OCC5(CN6CCN(CC7CCC8(CC7)CCN(C(=O)c7ccc(OC)c(N9CCC(=O)NC9=O)c7)CC8)CC6)CC5)nc4c3F)c12. The molecule has 7 aliphatic rings. The fourth-order valence-corrected chi connectivity index (χ4v) is 13.2. The molecular formula is C58H66FN9O6. The van der Waals surface area contributed by atoms with Crippen molar-refractivity contribution >= 4 is 51.0 Å².